The third-order valence-corrected chi connectivity index (χ3v) is 3.74. The van der Waals surface area contributed by atoms with E-state index in [1.807, 2.05) is 6.92 Å². The molecule has 126 valence electrons. The number of nitrogens with one attached hydrogen (secondary N) is 3. The molecule has 23 heavy (non-hydrogen) atoms. The van der Waals surface area contributed by atoms with Gasteiger partial charge in [-0.3, -0.25) is 9.59 Å². The van der Waals surface area contributed by atoms with Gasteiger partial charge in [-0.1, -0.05) is 6.07 Å². The first-order chi connectivity index (χ1) is 11.0. The van der Waals surface area contributed by atoms with Crippen LogP contribution >= 0.6 is 0 Å². The zero-order valence-corrected chi connectivity index (χ0v) is 13.3. The van der Waals surface area contributed by atoms with E-state index in [4.69, 9.17) is 4.74 Å². The van der Waals surface area contributed by atoms with E-state index in [1.54, 1.807) is 19.1 Å². The highest BCUT2D eigenvalue weighted by Crippen LogP contribution is 2.08. The Hall–Kier alpha value is -1.99. The summed E-state index contributed by atoms with van der Waals surface area (Å²) in [5, 5.41) is 8.47. The Morgan fingerprint density at radius 2 is 2.09 bits per heavy atom. The van der Waals surface area contributed by atoms with Gasteiger partial charge in [0.05, 0.1) is 12.7 Å². The summed E-state index contributed by atoms with van der Waals surface area (Å²) in [6.07, 6.45) is -0.186. The van der Waals surface area contributed by atoms with Crippen molar-refractivity contribution in [2.24, 2.45) is 0 Å². The van der Waals surface area contributed by atoms with Crippen LogP contribution in [0.4, 0.5) is 4.39 Å². The number of rotatable bonds is 5. The summed E-state index contributed by atoms with van der Waals surface area (Å²) < 4.78 is 18.8. The summed E-state index contributed by atoms with van der Waals surface area (Å²) >= 11 is 0. The highest BCUT2D eigenvalue weighted by atomic mass is 19.1. The van der Waals surface area contributed by atoms with Crippen molar-refractivity contribution >= 4 is 11.8 Å². The van der Waals surface area contributed by atoms with E-state index < -0.39 is 5.82 Å². The van der Waals surface area contributed by atoms with Crippen LogP contribution in [0.2, 0.25) is 0 Å². The molecule has 0 spiro atoms. The molecule has 1 aliphatic rings. The highest BCUT2D eigenvalue weighted by molar-refractivity contribution is 5.94. The van der Waals surface area contributed by atoms with Gasteiger partial charge in [0.15, 0.2) is 0 Å². The number of morpholine rings is 1. The molecular formula is C16H22FN3O3. The Morgan fingerprint density at radius 3 is 2.78 bits per heavy atom. The van der Waals surface area contributed by atoms with E-state index in [-0.39, 0.29) is 36.1 Å². The van der Waals surface area contributed by atoms with E-state index in [9.17, 15) is 14.0 Å². The zero-order valence-electron chi connectivity index (χ0n) is 13.3. The van der Waals surface area contributed by atoms with Crippen molar-refractivity contribution in [3.8, 4) is 0 Å². The van der Waals surface area contributed by atoms with Gasteiger partial charge in [0, 0.05) is 25.2 Å². The van der Waals surface area contributed by atoms with E-state index in [2.05, 4.69) is 16.0 Å². The zero-order chi connectivity index (χ0) is 16.8. The molecule has 0 aliphatic carbocycles. The van der Waals surface area contributed by atoms with Gasteiger partial charge in [0.1, 0.15) is 11.9 Å². The van der Waals surface area contributed by atoms with E-state index in [1.165, 1.54) is 6.07 Å². The summed E-state index contributed by atoms with van der Waals surface area (Å²) in [6, 6.07) is 3.94. The van der Waals surface area contributed by atoms with Crippen molar-refractivity contribution in [3.05, 3.63) is 35.1 Å². The Balaban J connectivity index is 1.73. The number of amides is 2. The van der Waals surface area contributed by atoms with Gasteiger partial charge < -0.3 is 20.7 Å². The molecule has 0 unspecified atom stereocenters. The van der Waals surface area contributed by atoms with Gasteiger partial charge in [0.25, 0.3) is 5.91 Å². The lowest BCUT2D eigenvalue weighted by atomic mass is 10.1. The van der Waals surface area contributed by atoms with Crippen molar-refractivity contribution in [2.45, 2.75) is 26.0 Å². The smallest absolute Gasteiger partial charge is 0.251 e. The van der Waals surface area contributed by atoms with Crippen molar-refractivity contribution < 1.29 is 18.7 Å². The molecule has 1 aliphatic heterocycles. The predicted octanol–water partition coefficient (Wildman–Crippen LogP) is 0.357. The summed E-state index contributed by atoms with van der Waals surface area (Å²) in [7, 11) is 0. The van der Waals surface area contributed by atoms with Crippen LogP contribution in [0.3, 0.4) is 0 Å². The lowest BCUT2D eigenvalue weighted by Gasteiger charge is -2.29. The Kier molecular flexibility index (Phi) is 6.06. The second-order valence-corrected chi connectivity index (χ2v) is 5.52. The number of ether oxygens (including phenoxy) is 1. The third kappa shape index (κ3) is 4.74. The number of halogens is 1. The van der Waals surface area contributed by atoms with Gasteiger partial charge in [-0.15, -0.1) is 0 Å². The number of aryl methyl sites for hydroxylation is 1. The summed E-state index contributed by atoms with van der Waals surface area (Å²) in [5.74, 6) is -0.943. The first kappa shape index (κ1) is 17.4. The van der Waals surface area contributed by atoms with Gasteiger partial charge in [-0.25, -0.2) is 4.39 Å². The SMILES string of the molecule is Cc1ccc(C(=O)NCCNC(=O)[C@H]2NCCO[C@@H]2C)cc1F. The minimum Gasteiger partial charge on any atom is -0.375 e. The molecule has 1 saturated heterocycles. The van der Waals surface area contributed by atoms with Gasteiger partial charge in [0.2, 0.25) is 5.91 Å². The average molecular weight is 323 g/mol. The first-order valence-corrected chi connectivity index (χ1v) is 7.66. The maximum Gasteiger partial charge on any atom is 0.251 e. The minimum absolute atomic E-state index is 0.159. The molecule has 0 bridgehead atoms. The molecule has 1 aromatic rings. The minimum atomic E-state index is -0.414. The fraction of sp³-hybridized carbons (Fsp3) is 0.500. The molecule has 1 aromatic carbocycles. The number of carbonyl (C=O) groups excluding carboxylic acids is 2. The molecule has 6 nitrogen and oxygen atoms in total. The van der Waals surface area contributed by atoms with Crippen LogP contribution in [0.15, 0.2) is 18.2 Å². The van der Waals surface area contributed by atoms with E-state index in [0.717, 1.165) is 0 Å². The molecule has 2 rings (SSSR count). The van der Waals surface area contributed by atoms with E-state index in [0.29, 0.717) is 25.3 Å². The second kappa shape index (κ2) is 8.03. The quantitative estimate of drug-likeness (QED) is 0.684. The fourth-order valence-electron chi connectivity index (χ4n) is 2.34. The monoisotopic (exact) mass is 323 g/mol. The van der Waals surface area contributed by atoms with Crippen molar-refractivity contribution in [3.63, 3.8) is 0 Å². The average Bonchev–Trinajstić information content (AvgIpc) is 2.54. The van der Waals surface area contributed by atoms with Crippen LogP contribution in [0, 0.1) is 12.7 Å². The summed E-state index contributed by atoms with van der Waals surface area (Å²) in [5.41, 5.74) is 0.750. The predicted molar refractivity (Wildman–Crippen MR) is 83.7 cm³/mol. The Morgan fingerprint density at radius 1 is 1.35 bits per heavy atom. The molecule has 0 aromatic heterocycles. The van der Waals surface area contributed by atoms with Gasteiger partial charge >= 0.3 is 0 Å². The van der Waals surface area contributed by atoms with E-state index >= 15 is 0 Å². The normalized spacial score (nSPS) is 20.8. The number of carbonyl (C=O) groups is 2. The molecule has 2 amide bonds. The highest BCUT2D eigenvalue weighted by Gasteiger charge is 2.27. The standard InChI is InChI=1S/C16H22FN3O3/c1-10-3-4-12(9-13(10)17)15(21)19-5-6-20-16(22)14-11(2)23-8-7-18-14/h3-4,9,11,14,18H,5-8H2,1-2H3,(H,19,21)(H,20,22)/t11-,14+/m1/s1. The van der Waals surface area contributed by atoms with Crippen LogP contribution < -0.4 is 16.0 Å². The van der Waals surface area contributed by atoms with Gasteiger partial charge in [-0.2, -0.15) is 0 Å². The molecule has 1 heterocycles. The largest absolute Gasteiger partial charge is 0.375 e. The Labute approximate surface area is 134 Å². The van der Waals surface area contributed by atoms with Gasteiger partial charge in [-0.05, 0) is 31.5 Å². The molecule has 2 atom stereocenters. The van der Waals surface area contributed by atoms with Crippen LogP contribution in [-0.2, 0) is 9.53 Å². The first-order valence-electron chi connectivity index (χ1n) is 7.66. The number of hydrogen-bond donors (Lipinski definition) is 3. The molecule has 0 radical (unpaired) electrons. The molecule has 0 saturated carbocycles. The summed E-state index contributed by atoms with van der Waals surface area (Å²) in [4.78, 5) is 23.9. The third-order valence-electron chi connectivity index (χ3n) is 3.74. The van der Waals surface area contributed by atoms with Crippen LogP contribution in [0.25, 0.3) is 0 Å². The van der Waals surface area contributed by atoms with Crippen molar-refractivity contribution in [2.75, 3.05) is 26.2 Å². The van der Waals surface area contributed by atoms with Crippen molar-refractivity contribution in [1.29, 1.82) is 0 Å². The van der Waals surface area contributed by atoms with Crippen LogP contribution in [-0.4, -0.2) is 50.2 Å². The fourth-order valence-corrected chi connectivity index (χ4v) is 2.34. The maximum atomic E-state index is 13.4. The number of hydrogen-bond acceptors (Lipinski definition) is 4. The maximum absolute atomic E-state index is 13.4. The molecule has 3 N–H and O–H groups in total. The lowest BCUT2D eigenvalue weighted by Crippen LogP contribution is -2.56. The van der Waals surface area contributed by atoms with Crippen molar-refractivity contribution in [1.82, 2.24) is 16.0 Å². The molecule has 7 heteroatoms. The van der Waals surface area contributed by atoms with Crippen LogP contribution in [0.5, 0.6) is 0 Å². The topological polar surface area (TPSA) is 79.5 Å². The Bertz CT molecular complexity index is 580. The summed E-state index contributed by atoms with van der Waals surface area (Å²) in [6.45, 7) is 5.26. The number of benzene rings is 1. The lowest BCUT2D eigenvalue weighted by molar-refractivity contribution is -0.128. The van der Waals surface area contributed by atoms with Crippen LogP contribution in [0.1, 0.15) is 22.8 Å². The molecular weight excluding hydrogens is 301 g/mol. The molecule has 1 fully saturated rings. The second-order valence-electron chi connectivity index (χ2n) is 5.52.